The number of carbonyl (C=O) groups excluding carboxylic acids is 3. The van der Waals surface area contributed by atoms with Crippen LogP contribution in [0, 0.1) is 6.92 Å². The van der Waals surface area contributed by atoms with Crippen LogP contribution in [0.2, 0.25) is 5.02 Å². The van der Waals surface area contributed by atoms with Crippen LogP contribution in [0.3, 0.4) is 0 Å². The molecule has 2 aromatic carbocycles. The minimum atomic E-state index is -0.998. The van der Waals surface area contributed by atoms with Gasteiger partial charge in [0.05, 0.1) is 24.3 Å². The summed E-state index contributed by atoms with van der Waals surface area (Å²) in [6.07, 6.45) is 0. The van der Waals surface area contributed by atoms with Crippen molar-refractivity contribution in [3.63, 3.8) is 0 Å². The second-order valence-electron chi connectivity index (χ2n) is 7.09. The highest BCUT2D eigenvalue weighted by atomic mass is 35.5. The van der Waals surface area contributed by atoms with Gasteiger partial charge in [-0.05, 0) is 48.9 Å². The lowest BCUT2D eigenvalue weighted by atomic mass is 9.94. The van der Waals surface area contributed by atoms with E-state index in [1.54, 1.807) is 43.3 Å². The minimum Gasteiger partial charge on any atom is -0.507 e. The summed E-state index contributed by atoms with van der Waals surface area (Å²) in [6.45, 7) is 1.65. The molecule has 1 aromatic heterocycles. The Labute approximate surface area is 187 Å². The maximum atomic E-state index is 13.0. The lowest BCUT2D eigenvalue weighted by molar-refractivity contribution is -0.132. The Morgan fingerprint density at radius 3 is 2.28 bits per heavy atom. The molecule has 3 aromatic rings. The van der Waals surface area contributed by atoms with E-state index in [4.69, 9.17) is 20.9 Å². The summed E-state index contributed by atoms with van der Waals surface area (Å²) >= 11 is 5.93. The molecule has 1 aliphatic rings. The summed E-state index contributed by atoms with van der Waals surface area (Å²) in [4.78, 5) is 39.0. The number of rotatable bonds is 4. The zero-order valence-corrected chi connectivity index (χ0v) is 17.8. The highest BCUT2D eigenvalue weighted by molar-refractivity contribution is 6.51. The number of anilines is 1. The molecule has 9 heteroatoms. The number of esters is 1. The number of aryl methyl sites for hydroxylation is 1. The first kappa shape index (κ1) is 21.3. The number of carbonyl (C=O) groups is 3. The topological polar surface area (TPSA) is 110 Å². The molecule has 2 heterocycles. The van der Waals surface area contributed by atoms with Gasteiger partial charge in [0.2, 0.25) is 0 Å². The second kappa shape index (κ2) is 8.32. The summed E-state index contributed by atoms with van der Waals surface area (Å²) in [7, 11) is 1.27. The van der Waals surface area contributed by atoms with Crippen LogP contribution in [0.1, 0.15) is 33.3 Å². The molecule has 1 atom stereocenters. The lowest BCUT2D eigenvalue weighted by Gasteiger charge is -2.23. The van der Waals surface area contributed by atoms with Gasteiger partial charge in [-0.2, -0.15) is 0 Å². The van der Waals surface area contributed by atoms with Gasteiger partial charge in [-0.1, -0.05) is 28.9 Å². The number of aliphatic hydroxyl groups excluding tert-OH is 1. The Hall–Kier alpha value is -3.91. The molecule has 162 valence electrons. The lowest BCUT2D eigenvalue weighted by Crippen LogP contribution is -2.29. The molecule has 0 unspecified atom stereocenters. The average Bonchev–Trinajstić information content (AvgIpc) is 3.34. The molecular formula is C23H17ClN2O6. The van der Waals surface area contributed by atoms with E-state index in [9.17, 15) is 19.5 Å². The van der Waals surface area contributed by atoms with Crippen molar-refractivity contribution < 1.29 is 28.8 Å². The van der Waals surface area contributed by atoms with Gasteiger partial charge in [-0.25, -0.2) is 4.79 Å². The van der Waals surface area contributed by atoms with E-state index in [0.29, 0.717) is 27.5 Å². The number of hydrogen-bond donors (Lipinski definition) is 1. The van der Waals surface area contributed by atoms with Gasteiger partial charge in [0, 0.05) is 16.7 Å². The molecule has 8 nitrogen and oxygen atoms in total. The molecule has 0 saturated carbocycles. The third-order valence-electron chi connectivity index (χ3n) is 5.07. The molecular weight excluding hydrogens is 436 g/mol. The average molecular weight is 453 g/mol. The summed E-state index contributed by atoms with van der Waals surface area (Å²) in [5.41, 5.74) is 0.972. The van der Waals surface area contributed by atoms with Crippen molar-refractivity contribution in [3.8, 4) is 0 Å². The third kappa shape index (κ3) is 3.65. The van der Waals surface area contributed by atoms with Crippen molar-refractivity contribution in [3.05, 3.63) is 87.6 Å². The van der Waals surface area contributed by atoms with Gasteiger partial charge in [0.25, 0.3) is 5.78 Å². The molecule has 0 spiro atoms. The zero-order valence-electron chi connectivity index (χ0n) is 17.0. The molecule has 1 aliphatic heterocycles. The maximum absolute atomic E-state index is 13.0. The van der Waals surface area contributed by atoms with E-state index in [2.05, 4.69) is 5.16 Å². The van der Waals surface area contributed by atoms with Gasteiger partial charge in [0.15, 0.2) is 5.82 Å². The zero-order chi connectivity index (χ0) is 23.0. The molecule has 4 rings (SSSR count). The number of aromatic nitrogens is 1. The molecule has 0 radical (unpaired) electrons. The van der Waals surface area contributed by atoms with E-state index < -0.39 is 23.7 Å². The number of ketones is 1. The first-order valence-electron chi connectivity index (χ1n) is 9.50. The van der Waals surface area contributed by atoms with Crippen LogP contribution in [0.5, 0.6) is 0 Å². The number of benzene rings is 2. The van der Waals surface area contributed by atoms with Crippen molar-refractivity contribution in [2.45, 2.75) is 13.0 Å². The van der Waals surface area contributed by atoms with Crippen LogP contribution >= 0.6 is 11.6 Å². The van der Waals surface area contributed by atoms with E-state index in [1.807, 2.05) is 0 Å². The van der Waals surface area contributed by atoms with E-state index in [0.717, 1.165) is 4.90 Å². The number of aliphatic hydroxyl groups is 1. The Kier molecular flexibility index (Phi) is 5.54. The summed E-state index contributed by atoms with van der Waals surface area (Å²) in [6, 6.07) is 12.9. The van der Waals surface area contributed by atoms with Gasteiger partial charge >= 0.3 is 11.9 Å². The van der Waals surface area contributed by atoms with E-state index >= 15 is 0 Å². The SMILES string of the molecule is COC(=O)c1ccc([C@H]2/C(=C(\O)c3ccc(Cl)cc3)C(=O)C(=O)N2c2cc(C)on2)cc1. The van der Waals surface area contributed by atoms with E-state index in [-0.39, 0.29) is 17.2 Å². The second-order valence-corrected chi connectivity index (χ2v) is 7.52. The van der Waals surface area contributed by atoms with Crippen LogP contribution in [0.15, 0.2) is 64.7 Å². The predicted octanol–water partition coefficient (Wildman–Crippen LogP) is 4.05. The third-order valence-corrected chi connectivity index (χ3v) is 5.32. The molecule has 0 bridgehead atoms. The Balaban J connectivity index is 1.90. The fourth-order valence-electron chi connectivity index (χ4n) is 3.53. The highest BCUT2D eigenvalue weighted by Crippen LogP contribution is 2.42. The number of Topliss-reactive ketones (excluding diaryl/α,β-unsaturated/α-hetero) is 1. The van der Waals surface area contributed by atoms with Gasteiger partial charge in [0.1, 0.15) is 11.5 Å². The van der Waals surface area contributed by atoms with Gasteiger partial charge in [-0.15, -0.1) is 0 Å². The highest BCUT2D eigenvalue weighted by Gasteiger charge is 2.48. The standard InChI is InChI=1S/C23H17ClN2O6/c1-12-11-17(25-32-12)26-19(13-3-5-15(6-4-13)23(30)31-2)18(21(28)22(26)29)20(27)14-7-9-16(24)10-8-14/h3-11,19,27H,1-2H3/b20-18+/t19-/m0/s1. The van der Waals surface area contributed by atoms with Gasteiger partial charge in [-0.3, -0.25) is 14.5 Å². The summed E-state index contributed by atoms with van der Waals surface area (Å²) < 4.78 is 9.81. The van der Waals surface area contributed by atoms with Crippen molar-refractivity contribution in [1.82, 2.24) is 5.16 Å². The predicted molar refractivity (Wildman–Crippen MR) is 115 cm³/mol. The summed E-state index contributed by atoms with van der Waals surface area (Å²) in [5, 5.41) is 15.3. The first-order valence-corrected chi connectivity index (χ1v) is 9.88. The van der Waals surface area contributed by atoms with Crippen molar-refractivity contribution >= 4 is 40.8 Å². The van der Waals surface area contributed by atoms with Gasteiger partial charge < -0.3 is 14.4 Å². The Morgan fingerprint density at radius 2 is 1.72 bits per heavy atom. The number of methoxy groups -OCH3 is 1. The number of amides is 1. The normalized spacial score (nSPS) is 17.6. The monoisotopic (exact) mass is 452 g/mol. The van der Waals surface area contributed by atoms with Crippen LogP contribution in [0.25, 0.3) is 5.76 Å². The van der Waals surface area contributed by atoms with Crippen molar-refractivity contribution in [2.24, 2.45) is 0 Å². The molecule has 32 heavy (non-hydrogen) atoms. The minimum absolute atomic E-state index is 0.121. The number of hydrogen-bond acceptors (Lipinski definition) is 7. The van der Waals surface area contributed by atoms with Crippen LogP contribution in [-0.2, 0) is 14.3 Å². The molecule has 1 amide bonds. The fourth-order valence-corrected chi connectivity index (χ4v) is 3.66. The number of ether oxygens (including phenoxy) is 1. The molecule has 0 aliphatic carbocycles. The fraction of sp³-hybridized carbons (Fsp3) is 0.130. The molecule has 1 N–H and O–H groups in total. The number of nitrogens with zero attached hydrogens (tertiary/aromatic N) is 2. The maximum Gasteiger partial charge on any atom is 0.337 e. The Bertz CT molecular complexity index is 1240. The molecule has 1 fully saturated rings. The van der Waals surface area contributed by atoms with Crippen molar-refractivity contribution in [2.75, 3.05) is 12.0 Å². The molecule has 1 saturated heterocycles. The van der Waals surface area contributed by atoms with Crippen LogP contribution < -0.4 is 4.90 Å². The van der Waals surface area contributed by atoms with E-state index in [1.165, 1.54) is 25.3 Å². The smallest absolute Gasteiger partial charge is 0.337 e. The largest absolute Gasteiger partial charge is 0.507 e. The summed E-state index contributed by atoms with van der Waals surface area (Å²) in [5.74, 6) is -2.05. The first-order chi connectivity index (χ1) is 15.3. The number of halogens is 1. The van der Waals surface area contributed by atoms with Crippen LogP contribution in [-0.4, -0.2) is 35.0 Å². The van der Waals surface area contributed by atoms with Crippen molar-refractivity contribution in [1.29, 1.82) is 0 Å². The van der Waals surface area contributed by atoms with Crippen LogP contribution in [0.4, 0.5) is 5.82 Å². The Morgan fingerprint density at radius 1 is 1.09 bits per heavy atom. The quantitative estimate of drug-likeness (QED) is 0.275.